The van der Waals surface area contributed by atoms with Gasteiger partial charge in [0, 0.05) is 58.1 Å². The van der Waals surface area contributed by atoms with Crippen LogP contribution in [-0.2, 0) is 10.8 Å². The van der Waals surface area contributed by atoms with Crippen LogP contribution in [0.4, 0.5) is 22.7 Å². The van der Waals surface area contributed by atoms with E-state index in [1.807, 2.05) is 0 Å². The molecule has 0 aromatic heterocycles. The zero-order chi connectivity index (χ0) is 32.3. The summed E-state index contributed by atoms with van der Waals surface area (Å²) >= 11 is 0. The number of hydrogen-bond donors (Lipinski definition) is 0. The van der Waals surface area contributed by atoms with E-state index in [2.05, 4.69) is 202 Å². The topological polar surface area (TPSA) is 9.49 Å². The van der Waals surface area contributed by atoms with Crippen molar-refractivity contribution >= 4 is 28.5 Å². The van der Waals surface area contributed by atoms with Crippen molar-refractivity contribution in [1.82, 2.24) is 0 Å². The van der Waals surface area contributed by atoms with Crippen molar-refractivity contribution in [2.75, 3.05) is 22.9 Å². The van der Waals surface area contributed by atoms with Crippen LogP contribution in [0.2, 0.25) is 0 Å². The van der Waals surface area contributed by atoms with Gasteiger partial charge in [-0.25, -0.2) is 0 Å². The van der Waals surface area contributed by atoms with Gasteiger partial charge in [-0.05, 0) is 81.8 Å². The first kappa shape index (κ1) is 31.1. The van der Waals surface area contributed by atoms with Gasteiger partial charge in [0.2, 0.25) is 5.69 Å². The highest BCUT2D eigenvalue weighted by Gasteiger charge is 2.43. The van der Waals surface area contributed by atoms with Crippen LogP contribution in [0.5, 0.6) is 0 Å². The fraction of sp³-hybridized carbons (Fsp3) is 0.233. The number of rotatable bonds is 9. The molecule has 0 amide bonds. The molecule has 0 radical (unpaired) electrons. The Hall–Kier alpha value is -4.89. The summed E-state index contributed by atoms with van der Waals surface area (Å²) in [4.78, 5) is 4.78. The number of likely N-dealkylation sites (N-methyl/N-ethyl adjacent to an activating group) is 1. The molecule has 0 aliphatic carbocycles. The Morgan fingerprint density at radius 3 is 1.91 bits per heavy atom. The molecule has 3 nitrogen and oxygen atoms in total. The van der Waals surface area contributed by atoms with E-state index in [0.717, 1.165) is 30.2 Å². The Morgan fingerprint density at radius 2 is 1.28 bits per heavy atom. The van der Waals surface area contributed by atoms with Gasteiger partial charge in [0.15, 0.2) is 5.71 Å². The Kier molecular flexibility index (Phi) is 8.69. The van der Waals surface area contributed by atoms with Gasteiger partial charge in [0.05, 0.1) is 5.41 Å². The van der Waals surface area contributed by atoms with Crippen LogP contribution in [0, 0.1) is 0 Å². The van der Waals surface area contributed by atoms with Crippen molar-refractivity contribution in [3.05, 3.63) is 168 Å². The highest BCUT2D eigenvalue weighted by Crippen LogP contribution is 2.47. The third kappa shape index (κ3) is 5.56. The molecule has 3 heteroatoms. The maximum Gasteiger partial charge on any atom is 0.209 e. The average molecular weight is 605 g/mol. The van der Waals surface area contributed by atoms with Gasteiger partial charge in [0.25, 0.3) is 0 Å². The number of para-hydroxylation sites is 4. The van der Waals surface area contributed by atoms with Gasteiger partial charge >= 0.3 is 0 Å². The molecule has 4 aromatic carbocycles. The lowest BCUT2D eigenvalue weighted by molar-refractivity contribution is -0.433. The molecule has 0 bridgehead atoms. The molecule has 2 heterocycles. The largest absolute Gasteiger partial charge is 0.344 e. The van der Waals surface area contributed by atoms with Crippen LogP contribution >= 0.6 is 0 Å². The summed E-state index contributed by atoms with van der Waals surface area (Å²) in [5, 5.41) is 0. The van der Waals surface area contributed by atoms with Crippen molar-refractivity contribution in [2.45, 2.75) is 52.4 Å². The lowest BCUT2D eigenvalue weighted by Gasteiger charge is -2.27. The lowest BCUT2D eigenvalue weighted by atomic mass is 9.81. The van der Waals surface area contributed by atoms with E-state index in [1.54, 1.807) is 0 Å². The first-order valence-electron chi connectivity index (χ1n) is 16.6. The summed E-state index contributed by atoms with van der Waals surface area (Å²) in [6, 6.07) is 38.9. The second-order valence-electron chi connectivity index (χ2n) is 13.0. The van der Waals surface area contributed by atoms with Crippen LogP contribution < -0.4 is 9.80 Å². The third-order valence-electron chi connectivity index (χ3n) is 9.56. The Bertz CT molecular complexity index is 1810. The number of fused-ring (bicyclic) bond motifs is 2. The highest BCUT2D eigenvalue weighted by molar-refractivity contribution is 6.03. The van der Waals surface area contributed by atoms with Gasteiger partial charge in [0.1, 0.15) is 6.54 Å². The lowest BCUT2D eigenvalue weighted by Crippen LogP contribution is -2.27. The standard InChI is InChI=1S/C43H46N3/c1-7-44-38-29-17-15-27-36(38)42(3,4)40(44)31-19-25-35(46(33-21-11-9-12-22-33)34-23-13-10-14-24-34)26-20-32-41-43(5,6)37-28-16-18-30-39(37)45(41)8-2/h9-32H,7-8H2,1-6H3/q+1. The fourth-order valence-corrected chi connectivity index (χ4v) is 7.24. The molecule has 0 saturated heterocycles. The molecule has 0 unspecified atom stereocenters. The van der Waals surface area contributed by atoms with Gasteiger partial charge in [-0.2, -0.15) is 4.58 Å². The molecular weight excluding hydrogens is 558 g/mol. The molecule has 6 rings (SSSR count). The van der Waals surface area contributed by atoms with Crippen molar-refractivity contribution in [1.29, 1.82) is 0 Å². The molecule has 0 N–H and O–H groups in total. The quantitative estimate of drug-likeness (QED) is 0.139. The highest BCUT2D eigenvalue weighted by atomic mass is 15.2. The smallest absolute Gasteiger partial charge is 0.209 e. The second kappa shape index (κ2) is 12.8. The van der Waals surface area contributed by atoms with E-state index in [1.165, 1.54) is 33.9 Å². The predicted octanol–water partition coefficient (Wildman–Crippen LogP) is 10.6. The number of allylic oxidation sites excluding steroid dienone is 7. The van der Waals surface area contributed by atoms with E-state index >= 15 is 0 Å². The van der Waals surface area contributed by atoms with Crippen molar-refractivity contribution in [2.24, 2.45) is 0 Å². The van der Waals surface area contributed by atoms with Crippen molar-refractivity contribution < 1.29 is 4.58 Å². The Balaban J connectivity index is 1.45. The summed E-state index contributed by atoms with van der Waals surface area (Å²) < 4.78 is 2.45. The first-order valence-corrected chi connectivity index (χ1v) is 16.6. The van der Waals surface area contributed by atoms with Crippen LogP contribution in [0.3, 0.4) is 0 Å². The SMILES string of the molecule is CCN1/C(=C/C=C/C(=C/C=C/C2=[N+](CC)c3ccccc3C2(C)C)N(c2ccccc2)c2ccccc2)C(C)(C)c2ccccc21. The average Bonchev–Trinajstić information content (AvgIpc) is 3.44. The molecule has 232 valence electrons. The summed E-state index contributed by atoms with van der Waals surface area (Å²) in [5.41, 5.74) is 11.1. The van der Waals surface area contributed by atoms with Crippen LogP contribution in [0.25, 0.3) is 0 Å². The molecule has 4 aromatic rings. The van der Waals surface area contributed by atoms with E-state index in [4.69, 9.17) is 0 Å². The minimum atomic E-state index is -0.0808. The van der Waals surface area contributed by atoms with E-state index in [0.29, 0.717) is 0 Å². The summed E-state index contributed by atoms with van der Waals surface area (Å²) in [5.74, 6) is 0. The van der Waals surface area contributed by atoms with Crippen molar-refractivity contribution in [3.8, 4) is 0 Å². The zero-order valence-corrected chi connectivity index (χ0v) is 28.1. The predicted molar refractivity (Wildman–Crippen MR) is 197 cm³/mol. The van der Waals surface area contributed by atoms with Crippen LogP contribution in [0.15, 0.2) is 157 Å². The minimum absolute atomic E-state index is 0.0808. The normalized spacial score (nSPS) is 17.7. The van der Waals surface area contributed by atoms with Gasteiger partial charge < -0.3 is 9.80 Å². The fourth-order valence-electron chi connectivity index (χ4n) is 7.24. The second-order valence-corrected chi connectivity index (χ2v) is 13.0. The molecule has 2 aliphatic rings. The minimum Gasteiger partial charge on any atom is -0.344 e. The maximum atomic E-state index is 2.45. The molecule has 46 heavy (non-hydrogen) atoms. The molecular formula is C43H46N3+. The first-order chi connectivity index (χ1) is 22.3. The molecule has 0 spiro atoms. The van der Waals surface area contributed by atoms with Crippen molar-refractivity contribution in [3.63, 3.8) is 0 Å². The van der Waals surface area contributed by atoms with Gasteiger partial charge in [-0.15, -0.1) is 0 Å². The molecule has 0 fully saturated rings. The van der Waals surface area contributed by atoms with Crippen LogP contribution in [0.1, 0.15) is 52.7 Å². The molecule has 2 aliphatic heterocycles. The van der Waals surface area contributed by atoms with E-state index in [9.17, 15) is 0 Å². The van der Waals surface area contributed by atoms with E-state index < -0.39 is 0 Å². The van der Waals surface area contributed by atoms with Gasteiger partial charge in [-0.3, -0.25) is 0 Å². The monoisotopic (exact) mass is 604 g/mol. The number of nitrogens with zero attached hydrogens (tertiary/aromatic N) is 3. The number of anilines is 3. The number of hydrogen-bond acceptors (Lipinski definition) is 2. The molecule has 0 saturated carbocycles. The Labute approximate surface area is 275 Å². The Morgan fingerprint density at radius 1 is 0.696 bits per heavy atom. The zero-order valence-electron chi connectivity index (χ0n) is 28.1. The molecule has 0 atom stereocenters. The van der Waals surface area contributed by atoms with E-state index in [-0.39, 0.29) is 10.8 Å². The van der Waals surface area contributed by atoms with Gasteiger partial charge in [-0.1, -0.05) is 98.8 Å². The number of benzene rings is 4. The summed E-state index contributed by atoms with van der Waals surface area (Å²) in [7, 11) is 0. The maximum absolute atomic E-state index is 2.45. The third-order valence-corrected chi connectivity index (χ3v) is 9.56. The summed E-state index contributed by atoms with van der Waals surface area (Å²) in [6.07, 6.45) is 13.6. The van der Waals surface area contributed by atoms with Crippen LogP contribution in [-0.4, -0.2) is 23.4 Å². The summed E-state index contributed by atoms with van der Waals surface area (Å²) in [6.45, 7) is 15.7.